The van der Waals surface area contributed by atoms with Crippen molar-refractivity contribution in [2.45, 2.75) is 12.5 Å². The lowest BCUT2D eigenvalue weighted by Crippen LogP contribution is -2.34. The minimum Gasteiger partial charge on any atom is -0.468 e. The molecule has 1 aromatic carbocycles. The molecule has 0 radical (unpaired) electrons. The van der Waals surface area contributed by atoms with Crippen molar-refractivity contribution in [1.82, 2.24) is 5.54 Å². The summed E-state index contributed by atoms with van der Waals surface area (Å²) in [5.41, 5.74) is 2.28. The molecule has 1 N–H and O–H groups in total. The minimum atomic E-state index is -0.954. The van der Waals surface area contributed by atoms with Crippen molar-refractivity contribution in [3.05, 3.63) is 34.3 Å². The van der Waals surface area contributed by atoms with E-state index in [1.165, 1.54) is 12.6 Å². The SMILES string of the molecule is COC(=O)[C@H](Cc1cccc(Br)c1)NF.Cl. The monoisotopic (exact) mass is 311 g/mol. The summed E-state index contributed by atoms with van der Waals surface area (Å²) in [5, 5.41) is 0. The fourth-order valence-electron chi connectivity index (χ4n) is 1.21. The molecule has 1 aromatic rings. The largest absolute Gasteiger partial charge is 0.468 e. The van der Waals surface area contributed by atoms with E-state index in [0.29, 0.717) is 0 Å². The van der Waals surface area contributed by atoms with Gasteiger partial charge in [-0.25, -0.2) is 0 Å². The molecule has 6 heteroatoms. The molecule has 0 bridgehead atoms. The van der Waals surface area contributed by atoms with Gasteiger partial charge in [0.2, 0.25) is 0 Å². The molecule has 16 heavy (non-hydrogen) atoms. The third-order valence-corrected chi connectivity index (χ3v) is 2.44. The smallest absolute Gasteiger partial charge is 0.325 e. The fourth-order valence-corrected chi connectivity index (χ4v) is 1.66. The van der Waals surface area contributed by atoms with Gasteiger partial charge in [0.05, 0.1) is 7.11 Å². The van der Waals surface area contributed by atoms with Gasteiger partial charge in [-0.2, -0.15) is 0 Å². The highest BCUT2D eigenvalue weighted by Crippen LogP contribution is 2.13. The van der Waals surface area contributed by atoms with Gasteiger partial charge < -0.3 is 4.74 Å². The second-order valence-corrected chi connectivity index (χ2v) is 3.93. The van der Waals surface area contributed by atoms with Gasteiger partial charge in [0.25, 0.3) is 0 Å². The zero-order chi connectivity index (χ0) is 11.3. The van der Waals surface area contributed by atoms with Gasteiger partial charge in [0.15, 0.2) is 0 Å². The number of hydrogen-bond donors (Lipinski definition) is 1. The van der Waals surface area contributed by atoms with Gasteiger partial charge >= 0.3 is 5.97 Å². The van der Waals surface area contributed by atoms with Crippen LogP contribution in [-0.2, 0) is 16.0 Å². The van der Waals surface area contributed by atoms with Gasteiger partial charge in [0, 0.05) is 10.9 Å². The summed E-state index contributed by atoms with van der Waals surface area (Å²) in [6, 6.07) is 6.38. The van der Waals surface area contributed by atoms with Crippen LogP contribution in [0.15, 0.2) is 28.7 Å². The van der Waals surface area contributed by atoms with Gasteiger partial charge in [0.1, 0.15) is 6.04 Å². The molecule has 1 atom stereocenters. The molecule has 1 rings (SSSR count). The van der Waals surface area contributed by atoms with Crippen LogP contribution in [0.5, 0.6) is 0 Å². The van der Waals surface area contributed by atoms with E-state index >= 15 is 0 Å². The Morgan fingerprint density at radius 2 is 2.31 bits per heavy atom. The van der Waals surface area contributed by atoms with Crippen LogP contribution in [-0.4, -0.2) is 19.1 Å². The number of esters is 1. The Morgan fingerprint density at radius 1 is 1.62 bits per heavy atom. The van der Waals surface area contributed by atoms with Crippen LogP contribution < -0.4 is 5.54 Å². The second-order valence-electron chi connectivity index (χ2n) is 3.02. The molecule has 0 unspecified atom stereocenters. The van der Waals surface area contributed by atoms with E-state index in [9.17, 15) is 9.28 Å². The lowest BCUT2D eigenvalue weighted by atomic mass is 10.1. The molecule has 3 nitrogen and oxygen atoms in total. The lowest BCUT2D eigenvalue weighted by molar-refractivity contribution is -0.144. The van der Waals surface area contributed by atoms with Crippen LogP contribution in [0.1, 0.15) is 5.56 Å². The zero-order valence-corrected chi connectivity index (χ0v) is 11.0. The van der Waals surface area contributed by atoms with Gasteiger partial charge in [-0.15, -0.1) is 22.4 Å². The Hall–Kier alpha value is -0.650. The maximum Gasteiger partial charge on any atom is 0.325 e. The van der Waals surface area contributed by atoms with E-state index in [-0.39, 0.29) is 18.8 Å². The van der Waals surface area contributed by atoms with E-state index in [4.69, 9.17) is 0 Å². The van der Waals surface area contributed by atoms with Crippen LogP contribution >= 0.6 is 28.3 Å². The molecule has 0 saturated heterocycles. The van der Waals surface area contributed by atoms with Gasteiger partial charge in [-0.3, -0.25) is 4.79 Å². The Labute approximate surface area is 108 Å². The van der Waals surface area contributed by atoms with Gasteiger partial charge in [-0.1, -0.05) is 28.1 Å². The second kappa shape index (κ2) is 7.60. The number of hydrogen-bond acceptors (Lipinski definition) is 3. The summed E-state index contributed by atoms with van der Waals surface area (Å²) in [6.45, 7) is 0. The molecule has 90 valence electrons. The Kier molecular flexibility index (Phi) is 7.29. The number of methoxy groups -OCH3 is 1. The number of benzene rings is 1. The molecule has 0 aliphatic heterocycles. The van der Waals surface area contributed by atoms with E-state index in [2.05, 4.69) is 20.7 Å². The molecule has 0 aromatic heterocycles. The van der Waals surface area contributed by atoms with Crippen LogP contribution in [0.25, 0.3) is 0 Å². The number of carbonyl (C=O) groups is 1. The number of nitrogens with one attached hydrogen (secondary N) is 1. The molecule has 0 fully saturated rings. The topological polar surface area (TPSA) is 38.3 Å². The highest BCUT2D eigenvalue weighted by Gasteiger charge is 2.19. The standard InChI is InChI=1S/C10H11BrFNO2.ClH/c1-15-10(14)9(13-12)6-7-3-2-4-8(11)5-7;/h2-5,9,13H,6H2,1H3;1H/t9-;/m0./s1. The van der Waals surface area contributed by atoms with Crippen molar-refractivity contribution in [1.29, 1.82) is 0 Å². The van der Waals surface area contributed by atoms with Crippen molar-refractivity contribution >= 4 is 34.3 Å². The summed E-state index contributed by atoms with van der Waals surface area (Å²) in [5.74, 6) is -0.613. The summed E-state index contributed by atoms with van der Waals surface area (Å²) in [6.07, 6.45) is 0.253. The maximum atomic E-state index is 12.3. The van der Waals surface area contributed by atoms with E-state index in [0.717, 1.165) is 10.0 Å². The van der Waals surface area contributed by atoms with Crippen LogP contribution in [0.3, 0.4) is 0 Å². The van der Waals surface area contributed by atoms with Gasteiger partial charge in [-0.05, 0) is 17.7 Å². The Morgan fingerprint density at radius 3 is 2.81 bits per heavy atom. The van der Waals surface area contributed by atoms with Crippen LogP contribution in [0.2, 0.25) is 0 Å². The van der Waals surface area contributed by atoms with Crippen molar-refractivity contribution in [2.75, 3.05) is 7.11 Å². The lowest BCUT2D eigenvalue weighted by Gasteiger charge is -2.11. The molecule has 0 aliphatic carbocycles. The predicted octanol–water partition coefficient (Wildman–Crippen LogP) is 2.43. The third kappa shape index (κ3) is 4.47. The van der Waals surface area contributed by atoms with E-state index in [1.54, 1.807) is 0 Å². The average molecular weight is 313 g/mol. The van der Waals surface area contributed by atoms with E-state index < -0.39 is 12.0 Å². The van der Waals surface area contributed by atoms with Crippen molar-refractivity contribution < 1.29 is 14.0 Å². The Bertz CT molecular complexity index is 351. The summed E-state index contributed by atoms with van der Waals surface area (Å²) >= 11 is 3.30. The van der Waals surface area contributed by atoms with Crippen LogP contribution in [0.4, 0.5) is 4.48 Å². The minimum absolute atomic E-state index is 0. The third-order valence-electron chi connectivity index (χ3n) is 1.95. The summed E-state index contributed by atoms with van der Waals surface area (Å²) in [7, 11) is 1.23. The number of ether oxygens (including phenoxy) is 1. The number of rotatable bonds is 4. The highest BCUT2D eigenvalue weighted by atomic mass is 79.9. The number of halogens is 3. The van der Waals surface area contributed by atoms with E-state index in [1.807, 2.05) is 24.3 Å². The molecular formula is C10H12BrClFNO2. The highest BCUT2D eigenvalue weighted by molar-refractivity contribution is 9.10. The molecule has 0 saturated carbocycles. The zero-order valence-electron chi connectivity index (χ0n) is 8.57. The van der Waals surface area contributed by atoms with Crippen molar-refractivity contribution in [3.63, 3.8) is 0 Å². The summed E-state index contributed by atoms with van der Waals surface area (Å²) in [4.78, 5) is 11.1. The summed E-state index contributed by atoms with van der Waals surface area (Å²) < 4.78 is 17.7. The molecule has 0 aliphatic rings. The first kappa shape index (κ1) is 15.3. The number of carbonyl (C=O) groups excluding carboxylic acids is 1. The predicted molar refractivity (Wildman–Crippen MR) is 65.1 cm³/mol. The quantitative estimate of drug-likeness (QED) is 0.685. The maximum absolute atomic E-state index is 12.3. The molecular weight excluding hydrogens is 300 g/mol. The fraction of sp³-hybridized carbons (Fsp3) is 0.300. The van der Waals surface area contributed by atoms with Crippen molar-refractivity contribution in [2.24, 2.45) is 0 Å². The average Bonchev–Trinajstić information content (AvgIpc) is 2.25. The first-order valence-corrected chi connectivity index (χ1v) is 5.15. The van der Waals surface area contributed by atoms with Crippen molar-refractivity contribution in [3.8, 4) is 0 Å². The normalized spacial score (nSPS) is 11.4. The molecule has 0 spiro atoms. The first-order chi connectivity index (χ1) is 7.17. The molecule has 0 heterocycles. The Balaban J connectivity index is 0.00000225. The molecule has 0 amide bonds. The van der Waals surface area contributed by atoms with Crippen LogP contribution in [0, 0.1) is 0 Å². The first-order valence-electron chi connectivity index (χ1n) is 4.35.